The predicted molar refractivity (Wildman–Crippen MR) is 61.2 cm³/mol. The highest BCUT2D eigenvalue weighted by Crippen LogP contribution is 2.47. The Kier molecular flexibility index (Phi) is 6.58. The first-order chi connectivity index (χ1) is 9.83. The molecule has 0 rings (SSSR count). The van der Waals surface area contributed by atoms with E-state index in [2.05, 4.69) is 4.74 Å². The van der Waals surface area contributed by atoms with Crippen LogP contribution in [0.15, 0.2) is 0 Å². The minimum absolute atomic E-state index is 0.192. The molecule has 0 saturated carbocycles. The van der Waals surface area contributed by atoms with Crippen molar-refractivity contribution in [3.05, 3.63) is 0 Å². The molecule has 0 bridgehead atoms. The molecule has 0 fully saturated rings. The van der Waals surface area contributed by atoms with Crippen LogP contribution in [0.1, 0.15) is 20.3 Å². The Bertz CT molecular complexity index is 434. The Morgan fingerprint density at radius 1 is 0.913 bits per heavy atom. The Labute approximate surface area is 127 Å². The second-order valence-electron chi connectivity index (χ2n) is 5.00. The Hall–Kier alpha value is -0.560. The van der Waals surface area contributed by atoms with Gasteiger partial charge in [-0.2, -0.15) is 8.78 Å². The van der Waals surface area contributed by atoms with Crippen LogP contribution >= 0.6 is 0 Å². The lowest BCUT2D eigenvalue weighted by Gasteiger charge is -2.34. The van der Waals surface area contributed by atoms with Gasteiger partial charge in [0.2, 0.25) is 0 Å². The van der Waals surface area contributed by atoms with Crippen LogP contribution in [-0.2, 0) is 15.8 Å². The molecule has 140 valence electrons. The minimum Gasteiger partial charge on any atom is -0.335 e. The van der Waals surface area contributed by atoms with Crippen molar-refractivity contribution < 1.29 is 53.0 Å². The highest BCUT2D eigenvalue weighted by molar-refractivity contribution is 7.79. The van der Waals surface area contributed by atoms with E-state index in [0.717, 1.165) is 0 Å². The molecule has 0 aromatic heterocycles. The Balaban J connectivity index is 5.08. The summed E-state index contributed by atoms with van der Waals surface area (Å²) in [5.41, 5.74) is 0. The average molecular weight is 384 g/mol. The molecule has 0 spiro atoms. The summed E-state index contributed by atoms with van der Waals surface area (Å²) >= 11 is -3.07. The fourth-order valence-corrected chi connectivity index (χ4v) is 1.61. The second-order valence-corrected chi connectivity index (χ2v) is 5.93. The van der Waals surface area contributed by atoms with E-state index in [1.54, 1.807) is 0 Å². The molecule has 0 saturated heterocycles. The van der Waals surface area contributed by atoms with E-state index < -0.39 is 59.4 Å². The van der Waals surface area contributed by atoms with E-state index in [0.29, 0.717) is 0 Å². The zero-order valence-electron chi connectivity index (χ0n) is 11.7. The van der Waals surface area contributed by atoms with Gasteiger partial charge in [0, 0.05) is 13.8 Å². The third-order valence-corrected chi connectivity index (χ3v) is 3.30. The smallest absolute Gasteiger partial charge is 0.315 e. The maximum absolute atomic E-state index is 13.6. The van der Waals surface area contributed by atoms with Crippen molar-refractivity contribution >= 4 is 11.1 Å². The molecule has 0 radical (unpaired) electrons. The average Bonchev–Trinajstić information content (AvgIpc) is 2.21. The summed E-state index contributed by atoms with van der Waals surface area (Å²) in [6.45, 7) is -2.71. The SMILES string of the molecule is CC(F)(F)C(F)(F)CC(F)(F)C(C)(F)OCC(F)(F)CS(=O)O. The van der Waals surface area contributed by atoms with Crippen LogP contribution in [0.25, 0.3) is 0 Å². The Morgan fingerprint density at radius 3 is 1.70 bits per heavy atom. The zero-order valence-corrected chi connectivity index (χ0v) is 12.5. The molecular weight excluding hydrogens is 371 g/mol. The van der Waals surface area contributed by atoms with Gasteiger partial charge < -0.3 is 9.29 Å². The molecule has 0 amide bonds. The third-order valence-electron chi connectivity index (χ3n) is 2.63. The number of hydrogen-bond donors (Lipinski definition) is 1. The van der Waals surface area contributed by atoms with Gasteiger partial charge in [-0.3, -0.25) is 0 Å². The molecule has 13 heteroatoms. The van der Waals surface area contributed by atoms with Crippen molar-refractivity contribution in [2.75, 3.05) is 12.4 Å². The van der Waals surface area contributed by atoms with Gasteiger partial charge in [-0.1, -0.05) is 0 Å². The van der Waals surface area contributed by atoms with Crippen LogP contribution in [0.3, 0.4) is 0 Å². The van der Waals surface area contributed by atoms with E-state index in [1.807, 2.05) is 0 Å². The first-order valence-corrected chi connectivity index (χ1v) is 7.02. The summed E-state index contributed by atoms with van der Waals surface area (Å²) in [6, 6.07) is 0. The standard InChI is InChI=1S/C10H13F9O3S/c1-6(11,12)9(16,17)3-10(18,19)7(2,13)22-4-8(14,15)5-23(20)21/h3-5H2,1-2H3,(H,20,21). The van der Waals surface area contributed by atoms with Crippen molar-refractivity contribution in [2.24, 2.45) is 0 Å². The van der Waals surface area contributed by atoms with Crippen molar-refractivity contribution in [2.45, 2.75) is 49.8 Å². The molecule has 23 heavy (non-hydrogen) atoms. The summed E-state index contributed by atoms with van der Waals surface area (Å²) in [6.07, 6.45) is -2.99. The minimum atomic E-state index is -5.33. The highest BCUT2D eigenvalue weighted by atomic mass is 32.2. The lowest BCUT2D eigenvalue weighted by molar-refractivity contribution is -0.315. The van der Waals surface area contributed by atoms with Crippen LogP contribution in [0.4, 0.5) is 39.5 Å². The van der Waals surface area contributed by atoms with E-state index >= 15 is 0 Å². The van der Waals surface area contributed by atoms with Crippen LogP contribution in [0, 0.1) is 0 Å². The van der Waals surface area contributed by atoms with E-state index in [9.17, 15) is 43.7 Å². The second kappa shape index (κ2) is 6.75. The molecule has 0 aromatic carbocycles. The maximum Gasteiger partial charge on any atom is 0.315 e. The molecule has 0 aromatic rings. The van der Waals surface area contributed by atoms with Crippen molar-refractivity contribution in [1.29, 1.82) is 0 Å². The normalized spacial score (nSPS) is 18.6. The Morgan fingerprint density at radius 2 is 1.35 bits per heavy atom. The van der Waals surface area contributed by atoms with E-state index in [4.69, 9.17) is 4.55 Å². The first-order valence-electron chi connectivity index (χ1n) is 5.75. The topological polar surface area (TPSA) is 46.5 Å². The summed E-state index contributed by atoms with van der Waals surface area (Å²) in [7, 11) is 0. The summed E-state index contributed by atoms with van der Waals surface area (Å²) < 4.78 is 139. The molecule has 2 atom stereocenters. The van der Waals surface area contributed by atoms with E-state index in [1.165, 1.54) is 0 Å². The molecule has 0 aliphatic rings. The van der Waals surface area contributed by atoms with E-state index in [-0.39, 0.29) is 13.8 Å². The van der Waals surface area contributed by atoms with Crippen LogP contribution in [0.2, 0.25) is 0 Å². The number of alkyl halides is 9. The van der Waals surface area contributed by atoms with Crippen LogP contribution in [-0.4, -0.2) is 50.7 Å². The van der Waals surface area contributed by atoms with Crippen molar-refractivity contribution in [1.82, 2.24) is 0 Å². The lowest BCUT2D eigenvalue weighted by Crippen LogP contribution is -2.52. The number of hydrogen-bond acceptors (Lipinski definition) is 2. The molecule has 0 aliphatic heterocycles. The molecule has 1 N–H and O–H groups in total. The van der Waals surface area contributed by atoms with Gasteiger partial charge in [-0.15, -0.1) is 0 Å². The lowest BCUT2D eigenvalue weighted by atomic mass is 10.00. The predicted octanol–water partition coefficient (Wildman–Crippen LogP) is 3.86. The highest BCUT2D eigenvalue weighted by Gasteiger charge is 2.64. The van der Waals surface area contributed by atoms with Gasteiger partial charge in [0.05, 0.1) is 6.42 Å². The van der Waals surface area contributed by atoms with Crippen molar-refractivity contribution in [3.8, 4) is 0 Å². The zero-order chi connectivity index (χ0) is 18.9. The third kappa shape index (κ3) is 6.45. The van der Waals surface area contributed by atoms with Gasteiger partial charge in [0.15, 0.2) is 11.1 Å². The van der Waals surface area contributed by atoms with Gasteiger partial charge in [0.25, 0.3) is 11.8 Å². The monoisotopic (exact) mass is 384 g/mol. The van der Waals surface area contributed by atoms with Crippen LogP contribution < -0.4 is 0 Å². The number of ether oxygens (including phenoxy) is 1. The number of halogens is 9. The molecule has 2 unspecified atom stereocenters. The number of rotatable bonds is 9. The fourth-order valence-electron chi connectivity index (χ4n) is 1.16. The van der Waals surface area contributed by atoms with Crippen LogP contribution in [0.5, 0.6) is 0 Å². The molecular formula is C10H13F9O3S. The largest absolute Gasteiger partial charge is 0.335 e. The molecule has 3 nitrogen and oxygen atoms in total. The van der Waals surface area contributed by atoms with Gasteiger partial charge in [-0.25, -0.2) is 34.9 Å². The molecule has 0 aliphatic carbocycles. The molecule has 0 heterocycles. The quantitative estimate of drug-likeness (QED) is 0.485. The summed E-state index contributed by atoms with van der Waals surface area (Å²) in [4.78, 5) is 0. The fraction of sp³-hybridized carbons (Fsp3) is 1.00. The summed E-state index contributed by atoms with van der Waals surface area (Å²) in [5.74, 6) is -25.9. The van der Waals surface area contributed by atoms with Crippen molar-refractivity contribution in [3.63, 3.8) is 0 Å². The van der Waals surface area contributed by atoms with Gasteiger partial charge in [0.1, 0.15) is 12.4 Å². The first kappa shape index (κ1) is 22.4. The van der Waals surface area contributed by atoms with Gasteiger partial charge >= 0.3 is 17.8 Å². The summed E-state index contributed by atoms with van der Waals surface area (Å²) in [5, 5.41) is 0. The van der Waals surface area contributed by atoms with Gasteiger partial charge in [-0.05, 0) is 0 Å². The maximum atomic E-state index is 13.6.